The van der Waals surface area contributed by atoms with E-state index in [0.717, 1.165) is 37.9 Å². The first-order valence-electron chi connectivity index (χ1n) is 6.40. The first kappa shape index (κ1) is 15.0. The van der Waals surface area contributed by atoms with Crippen molar-refractivity contribution in [2.75, 3.05) is 42.6 Å². The van der Waals surface area contributed by atoms with Crippen LogP contribution in [0, 0.1) is 5.92 Å². The van der Waals surface area contributed by atoms with Gasteiger partial charge in [0.2, 0.25) is 0 Å². The van der Waals surface area contributed by atoms with Gasteiger partial charge in [-0.15, -0.1) is 0 Å². The van der Waals surface area contributed by atoms with E-state index in [1.165, 1.54) is 23.0 Å². The summed E-state index contributed by atoms with van der Waals surface area (Å²) in [6.07, 6.45) is 1.14. The van der Waals surface area contributed by atoms with Gasteiger partial charge in [-0.2, -0.15) is 23.5 Å². The van der Waals surface area contributed by atoms with Crippen molar-refractivity contribution in [3.63, 3.8) is 0 Å². The molecule has 1 aliphatic heterocycles. The summed E-state index contributed by atoms with van der Waals surface area (Å²) < 4.78 is 0. The van der Waals surface area contributed by atoms with E-state index in [2.05, 4.69) is 23.7 Å². The molecule has 17 heavy (non-hydrogen) atoms. The standard InChI is InChI=1S/C12H25N3S2/c1-11(2)10-17-7-3-4-14-12(13)15-5-8-16-9-6-15/h11H,3-10H2,1-2H3,(H2,13,14). The molecular formula is C12H25N3S2. The highest BCUT2D eigenvalue weighted by atomic mass is 32.2. The zero-order chi connectivity index (χ0) is 12.5. The predicted molar refractivity (Wildman–Crippen MR) is 82.2 cm³/mol. The van der Waals surface area contributed by atoms with Crippen LogP contribution >= 0.6 is 23.5 Å². The molecule has 0 saturated carbocycles. The Bertz CT molecular complexity index is 226. The van der Waals surface area contributed by atoms with Gasteiger partial charge in [0.15, 0.2) is 5.96 Å². The normalized spacial score (nSPS) is 17.8. The molecule has 0 amide bonds. The molecule has 1 heterocycles. The summed E-state index contributed by atoms with van der Waals surface area (Å²) in [7, 11) is 0. The third kappa shape index (κ3) is 7.09. The van der Waals surface area contributed by atoms with E-state index < -0.39 is 0 Å². The van der Waals surface area contributed by atoms with Crippen LogP contribution in [-0.4, -0.2) is 53.5 Å². The van der Waals surface area contributed by atoms with E-state index in [0.29, 0.717) is 0 Å². The topological polar surface area (TPSA) is 41.6 Å². The summed E-state index contributed by atoms with van der Waals surface area (Å²) in [6.45, 7) is 7.51. The fraction of sp³-hybridized carbons (Fsp3) is 0.917. The van der Waals surface area contributed by atoms with Crippen molar-refractivity contribution in [3.05, 3.63) is 0 Å². The van der Waals surface area contributed by atoms with Crippen molar-refractivity contribution >= 4 is 29.5 Å². The molecule has 0 aromatic heterocycles. The third-order valence-corrected chi connectivity index (χ3v) is 4.93. The molecule has 5 heteroatoms. The summed E-state index contributed by atoms with van der Waals surface area (Å²) in [5.74, 6) is 6.35. The Morgan fingerprint density at radius 3 is 2.76 bits per heavy atom. The number of nitrogens with two attached hydrogens (primary N) is 1. The number of hydrogen-bond acceptors (Lipinski definition) is 3. The van der Waals surface area contributed by atoms with Gasteiger partial charge in [0, 0.05) is 31.1 Å². The molecule has 1 rings (SSSR count). The molecule has 0 aromatic carbocycles. The molecule has 1 fully saturated rings. The maximum atomic E-state index is 5.97. The lowest BCUT2D eigenvalue weighted by Gasteiger charge is -2.27. The molecule has 100 valence electrons. The van der Waals surface area contributed by atoms with Gasteiger partial charge in [-0.1, -0.05) is 13.8 Å². The molecule has 3 nitrogen and oxygen atoms in total. The molecule has 2 N–H and O–H groups in total. The summed E-state index contributed by atoms with van der Waals surface area (Å²) in [5.41, 5.74) is 5.97. The van der Waals surface area contributed by atoms with Crippen LogP contribution in [0.5, 0.6) is 0 Å². The molecule has 1 saturated heterocycles. The van der Waals surface area contributed by atoms with Crippen LogP contribution in [0.25, 0.3) is 0 Å². The number of nitrogens with zero attached hydrogens (tertiary/aromatic N) is 2. The van der Waals surface area contributed by atoms with Crippen LogP contribution in [0.1, 0.15) is 20.3 Å². The van der Waals surface area contributed by atoms with Crippen LogP contribution in [0.15, 0.2) is 4.99 Å². The van der Waals surface area contributed by atoms with Crippen molar-refractivity contribution < 1.29 is 0 Å². The van der Waals surface area contributed by atoms with Gasteiger partial charge >= 0.3 is 0 Å². The fourth-order valence-electron chi connectivity index (χ4n) is 1.57. The monoisotopic (exact) mass is 275 g/mol. The quantitative estimate of drug-likeness (QED) is 0.458. The van der Waals surface area contributed by atoms with E-state index in [9.17, 15) is 0 Å². The number of guanidine groups is 1. The Labute approximate surface area is 114 Å². The van der Waals surface area contributed by atoms with Crippen LogP contribution in [0.4, 0.5) is 0 Å². The van der Waals surface area contributed by atoms with E-state index in [1.807, 2.05) is 23.5 Å². The smallest absolute Gasteiger partial charge is 0.191 e. The highest BCUT2D eigenvalue weighted by Gasteiger charge is 2.11. The molecule has 0 radical (unpaired) electrons. The van der Waals surface area contributed by atoms with Crippen molar-refractivity contribution in [2.24, 2.45) is 16.6 Å². The summed E-state index contributed by atoms with van der Waals surface area (Å²) >= 11 is 4.02. The summed E-state index contributed by atoms with van der Waals surface area (Å²) in [5, 5.41) is 0. The lowest BCUT2D eigenvalue weighted by atomic mass is 10.3. The van der Waals surface area contributed by atoms with Crippen molar-refractivity contribution in [3.8, 4) is 0 Å². The van der Waals surface area contributed by atoms with Crippen molar-refractivity contribution in [1.29, 1.82) is 0 Å². The molecule has 0 unspecified atom stereocenters. The first-order valence-corrected chi connectivity index (χ1v) is 8.71. The molecule has 0 aliphatic carbocycles. The minimum absolute atomic E-state index is 0.749. The van der Waals surface area contributed by atoms with Crippen molar-refractivity contribution in [1.82, 2.24) is 4.90 Å². The lowest BCUT2D eigenvalue weighted by Crippen LogP contribution is -2.42. The van der Waals surface area contributed by atoms with Gasteiger partial charge in [0.25, 0.3) is 0 Å². The average molecular weight is 275 g/mol. The molecular weight excluding hydrogens is 250 g/mol. The Hall–Kier alpha value is -0.0300. The van der Waals surface area contributed by atoms with E-state index in [1.54, 1.807) is 0 Å². The van der Waals surface area contributed by atoms with Gasteiger partial charge in [-0.25, -0.2) is 0 Å². The largest absolute Gasteiger partial charge is 0.370 e. The molecule has 0 spiro atoms. The molecule has 0 atom stereocenters. The average Bonchev–Trinajstić information content (AvgIpc) is 2.34. The van der Waals surface area contributed by atoms with Crippen molar-refractivity contribution in [2.45, 2.75) is 20.3 Å². The lowest BCUT2D eigenvalue weighted by molar-refractivity contribution is 0.456. The van der Waals surface area contributed by atoms with E-state index in [4.69, 9.17) is 5.73 Å². The summed E-state index contributed by atoms with van der Waals surface area (Å²) in [4.78, 5) is 6.67. The Kier molecular flexibility index (Phi) is 7.93. The highest BCUT2D eigenvalue weighted by Crippen LogP contribution is 2.10. The van der Waals surface area contributed by atoms with E-state index >= 15 is 0 Å². The minimum atomic E-state index is 0.749. The Balaban J connectivity index is 2.06. The Morgan fingerprint density at radius 2 is 2.12 bits per heavy atom. The van der Waals surface area contributed by atoms with E-state index in [-0.39, 0.29) is 0 Å². The van der Waals surface area contributed by atoms with Crippen LogP contribution in [0.2, 0.25) is 0 Å². The fourth-order valence-corrected chi connectivity index (χ4v) is 3.45. The zero-order valence-electron chi connectivity index (χ0n) is 11.0. The number of rotatable bonds is 6. The van der Waals surface area contributed by atoms with Gasteiger partial charge in [0.05, 0.1) is 0 Å². The van der Waals surface area contributed by atoms with Gasteiger partial charge in [-0.05, 0) is 23.8 Å². The third-order valence-electron chi connectivity index (χ3n) is 2.51. The SMILES string of the molecule is CC(C)CSCCCN=C(N)N1CCSCC1. The van der Waals surface area contributed by atoms with Crippen LogP contribution in [0.3, 0.4) is 0 Å². The number of aliphatic imine (C=N–C) groups is 1. The Morgan fingerprint density at radius 1 is 1.41 bits per heavy atom. The minimum Gasteiger partial charge on any atom is -0.370 e. The summed E-state index contributed by atoms with van der Waals surface area (Å²) in [6, 6.07) is 0. The zero-order valence-corrected chi connectivity index (χ0v) is 12.7. The second-order valence-electron chi connectivity index (χ2n) is 4.66. The molecule has 0 aromatic rings. The maximum absolute atomic E-state index is 5.97. The maximum Gasteiger partial charge on any atom is 0.191 e. The van der Waals surface area contributed by atoms with Crippen LogP contribution < -0.4 is 5.73 Å². The van der Waals surface area contributed by atoms with Crippen LogP contribution in [-0.2, 0) is 0 Å². The second kappa shape index (κ2) is 8.97. The number of thioether (sulfide) groups is 2. The second-order valence-corrected chi connectivity index (χ2v) is 7.04. The number of hydrogen-bond donors (Lipinski definition) is 1. The molecule has 0 bridgehead atoms. The molecule has 1 aliphatic rings. The van der Waals surface area contributed by atoms with Gasteiger partial charge < -0.3 is 10.6 Å². The van der Waals surface area contributed by atoms with Gasteiger partial charge in [0.1, 0.15) is 0 Å². The first-order chi connectivity index (χ1) is 8.20. The predicted octanol–water partition coefficient (Wildman–Crippen LogP) is 2.13. The van der Waals surface area contributed by atoms with Gasteiger partial charge in [-0.3, -0.25) is 4.99 Å². The highest BCUT2D eigenvalue weighted by molar-refractivity contribution is 7.99.